The number of carbonyl (C=O) groups excluding carboxylic acids is 1. The van der Waals surface area contributed by atoms with Crippen molar-refractivity contribution in [1.82, 2.24) is 19.8 Å². The predicted molar refractivity (Wildman–Crippen MR) is 201 cm³/mol. The fourth-order valence-corrected chi connectivity index (χ4v) is 15.1. The van der Waals surface area contributed by atoms with Crippen molar-refractivity contribution in [3.8, 4) is 17.5 Å². The van der Waals surface area contributed by atoms with E-state index in [-0.39, 0.29) is 40.8 Å². The van der Waals surface area contributed by atoms with E-state index >= 15 is 4.39 Å². The summed E-state index contributed by atoms with van der Waals surface area (Å²) in [6.45, 7) is 21.8. The second-order valence-corrected chi connectivity index (χ2v) is 23.3. The second-order valence-electron chi connectivity index (χ2n) is 17.0. The number of aromatic nitrogens is 2. The summed E-state index contributed by atoms with van der Waals surface area (Å²) in [7, 11) is -2.10. The number of ether oxygens (including phenoxy) is 2. The van der Waals surface area contributed by atoms with Crippen LogP contribution in [0, 0.1) is 17.3 Å². The first-order valence-electron chi connectivity index (χ1n) is 18.5. The molecule has 8 nitrogen and oxygen atoms in total. The van der Waals surface area contributed by atoms with Crippen molar-refractivity contribution in [3.63, 3.8) is 0 Å². The van der Waals surface area contributed by atoms with Crippen molar-refractivity contribution in [1.29, 1.82) is 0 Å². The fourth-order valence-electron chi connectivity index (χ4n) is 9.51. The van der Waals surface area contributed by atoms with E-state index in [1.165, 1.54) is 0 Å². The molecule has 4 saturated heterocycles. The molecule has 0 unspecified atom stereocenters. The zero-order valence-electron chi connectivity index (χ0n) is 31.2. The van der Waals surface area contributed by atoms with E-state index in [4.69, 9.17) is 14.5 Å². The third-order valence-electron chi connectivity index (χ3n) is 11.7. The van der Waals surface area contributed by atoms with Crippen LogP contribution in [0.25, 0.3) is 10.9 Å². The standard InChI is InChI=1S/C38H54BrF2N5O3Si/c1-23(2)50(24(3)4,25(5)6)16-13-26-17-30-33(32(41)31(26)39)42-35(48-22-38-14-10-15-45(38)19-27(40)18-38)43-34(30)44-20-28-11-12-29(21-44)46(28)36(47)49-37(7,8)9/h17,23-25,27-29H,10-12,14-15,18-22H2,1-9H3/t27-,28-,29+,38+/m1/s1. The molecule has 6 rings (SSSR count). The van der Waals surface area contributed by atoms with Gasteiger partial charge in [-0.3, -0.25) is 9.80 Å². The maximum atomic E-state index is 16.6. The molecular weight excluding hydrogens is 720 g/mol. The molecule has 0 N–H and O–H groups in total. The van der Waals surface area contributed by atoms with Crippen LogP contribution in [-0.2, 0) is 4.74 Å². The number of carbonyl (C=O) groups is 1. The molecular formula is C38H54BrF2N5O3Si. The lowest BCUT2D eigenvalue weighted by atomic mass is 9.95. The van der Waals surface area contributed by atoms with E-state index in [2.05, 4.69) is 83.7 Å². The van der Waals surface area contributed by atoms with Gasteiger partial charge in [0.1, 0.15) is 37.8 Å². The topological polar surface area (TPSA) is 71.0 Å². The van der Waals surface area contributed by atoms with Gasteiger partial charge in [-0.1, -0.05) is 47.5 Å². The number of fused-ring (bicyclic) bond motifs is 4. The van der Waals surface area contributed by atoms with Crippen molar-refractivity contribution in [3.05, 3.63) is 21.9 Å². The van der Waals surface area contributed by atoms with Crippen LogP contribution in [0.2, 0.25) is 16.6 Å². The minimum atomic E-state index is -2.10. The van der Waals surface area contributed by atoms with Crippen LogP contribution in [0.5, 0.6) is 6.01 Å². The van der Waals surface area contributed by atoms with E-state index in [9.17, 15) is 9.18 Å². The molecule has 4 aliphatic heterocycles. The number of nitrogens with zero attached hydrogens (tertiary/aromatic N) is 5. The Balaban J connectivity index is 1.42. The minimum Gasteiger partial charge on any atom is -0.461 e. The molecule has 0 aliphatic carbocycles. The lowest BCUT2D eigenvalue weighted by molar-refractivity contribution is 0.0122. The number of alkyl halides is 1. The van der Waals surface area contributed by atoms with E-state index < -0.39 is 31.2 Å². The molecule has 50 heavy (non-hydrogen) atoms. The Morgan fingerprint density at radius 1 is 1.08 bits per heavy atom. The van der Waals surface area contributed by atoms with Crippen LogP contribution in [0.3, 0.4) is 0 Å². The number of benzene rings is 1. The van der Waals surface area contributed by atoms with E-state index in [0.717, 1.165) is 32.2 Å². The summed E-state index contributed by atoms with van der Waals surface area (Å²) in [4.78, 5) is 29.1. The molecule has 1 amide bonds. The zero-order chi connectivity index (χ0) is 36.3. The highest BCUT2D eigenvalue weighted by molar-refractivity contribution is 9.10. The molecule has 5 heterocycles. The van der Waals surface area contributed by atoms with Crippen molar-refractivity contribution in [2.75, 3.05) is 37.7 Å². The molecule has 4 aliphatic rings. The largest absolute Gasteiger partial charge is 0.461 e. The van der Waals surface area contributed by atoms with Crippen LogP contribution < -0.4 is 9.64 Å². The monoisotopic (exact) mass is 773 g/mol. The number of hydrogen-bond donors (Lipinski definition) is 0. The predicted octanol–water partition coefficient (Wildman–Crippen LogP) is 8.64. The molecule has 2 aromatic rings. The summed E-state index contributed by atoms with van der Waals surface area (Å²) < 4.78 is 43.5. The van der Waals surface area contributed by atoms with Crippen molar-refractivity contribution < 1.29 is 23.0 Å². The first-order valence-corrected chi connectivity index (χ1v) is 21.5. The Morgan fingerprint density at radius 2 is 1.72 bits per heavy atom. The van der Waals surface area contributed by atoms with Crippen LogP contribution in [0.1, 0.15) is 100.0 Å². The minimum absolute atomic E-state index is 0.0711. The SMILES string of the molecule is CC(C)[Si](C#Cc1cc2c(N3C[C@H]4CC[C@@H](C3)N4C(=O)OC(C)(C)C)nc(OC[C@@]34CCCN3C[C@H](F)C4)nc2c(F)c1Br)(C(C)C)C(C)C. The highest BCUT2D eigenvalue weighted by Crippen LogP contribution is 2.43. The summed E-state index contributed by atoms with van der Waals surface area (Å²) in [6.07, 6.45) is 2.76. The molecule has 274 valence electrons. The fraction of sp³-hybridized carbons (Fsp3) is 0.711. The Labute approximate surface area is 306 Å². The van der Waals surface area contributed by atoms with E-state index in [1.54, 1.807) is 0 Å². The third-order valence-corrected chi connectivity index (χ3v) is 18.8. The average Bonchev–Trinajstić information content (AvgIpc) is 3.64. The quantitative estimate of drug-likeness (QED) is 0.206. The smallest absolute Gasteiger partial charge is 0.410 e. The lowest BCUT2D eigenvalue weighted by Gasteiger charge is -2.42. The van der Waals surface area contributed by atoms with Crippen molar-refractivity contribution in [2.45, 2.75) is 140 Å². The first-order chi connectivity index (χ1) is 23.5. The summed E-state index contributed by atoms with van der Waals surface area (Å²) in [6, 6.07) is 1.85. The van der Waals surface area contributed by atoms with Gasteiger partial charge in [0.05, 0.1) is 22.1 Å². The molecule has 0 spiro atoms. The molecule has 0 saturated carbocycles. The molecule has 0 radical (unpaired) electrons. The van der Waals surface area contributed by atoms with Gasteiger partial charge < -0.3 is 14.4 Å². The number of hydrogen-bond acceptors (Lipinski definition) is 7. The van der Waals surface area contributed by atoms with Crippen molar-refractivity contribution in [2.24, 2.45) is 0 Å². The summed E-state index contributed by atoms with van der Waals surface area (Å²) in [5, 5.41) is 0.559. The van der Waals surface area contributed by atoms with Gasteiger partial charge in [-0.15, -0.1) is 5.54 Å². The number of anilines is 1. The Kier molecular flexibility index (Phi) is 10.3. The second kappa shape index (κ2) is 13.8. The Morgan fingerprint density at radius 3 is 2.32 bits per heavy atom. The normalized spacial score (nSPS) is 25.5. The van der Waals surface area contributed by atoms with Gasteiger partial charge in [-0.2, -0.15) is 9.97 Å². The molecule has 1 aromatic heterocycles. The van der Waals surface area contributed by atoms with Gasteiger partial charge in [0.25, 0.3) is 0 Å². The summed E-state index contributed by atoms with van der Waals surface area (Å²) >= 11 is 3.55. The van der Waals surface area contributed by atoms with Crippen LogP contribution in [-0.4, -0.2) is 96.1 Å². The molecule has 4 atom stereocenters. The van der Waals surface area contributed by atoms with E-state index in [1.807, 2.05) is 31.7 Å². The van der Waals surface area contributed by atoms with Crippen LogP contribution in [0.15, 0.2) is 10.5 Å². The van der Waals surface area contributed by atoms with Crippen molar-refractivity contribution >= 4 is 46.8 Å². The van der Waals surface area contributed by atoms with Gasteiger partial charge >= 0.3 is 12.1 Å². The average molecular weight is 775 g/mol. The van der Waals surface area contributed by atoms with Gasteiger partial charge in [0, 0.05) is 37.0 Å². The van der Waals surface area contributed by atoms with Gasteiger partial charge in [0.2, 0.25) is 0 Å². The number of amides is 1. The third kappa shape index (κ3) is 6.76. The van der Waals surface area contributed by atoms with Gasteiger partial charge in [-0.25, -0.2) is 13.6 Å². The highest BCUT2D eigenvalue weighted by atomic mass is 79.9. The van der Waals surface area contributed by atoms with Gasteiger partial charge in [-0.05, 0) is 91.6 Å². The Hall–Kier alpha value is -2.49. The molecule has 1 aromatic carbocycles. The maximum Gasteiger partial charge on any atom is 0.410 e. The Bertz CT molecular complexity index is 1650. The maximum absolute atomic E-state index is 16.6. The molecule has 4 fully saturated rings. The number of halogens is 3. The van der Waals surface area contributed by atoms with Crippen LogP contribution in [0.4, 0.5) is 19.4 Å². The number of piperazine rings is 1. The number of rotatable bonds is 7. The zero-order valence-corrected chi connectivity index (χ0v) is 33.8. The first kappa shape index (κ1) is 37.3. The summed E-state index contributed by atoms with van der Waals surface area (Å²) in [5.74, 6) is 3.51. The summed E-state index contributed by atoms with van der Waals surface area (Å²) in [5.41, 5.74) is 4.77. The highest BCUT2D eigenvalue weighted by Gasteiger charge is 2.50. The van der Waals surface area contributed by atoms with Gasteiger partial charge in [0.15, 0.2) is 5.82 Å². The lowest BCUT2D eigenvalue weighted by Crippen LogP contribution is -2.57. The van der Waals surface area contributed by atoms with E-state index in [0.29, 0.717) is 59.4 Å². The molecule has 2 bridgehead atoms. The molecule has 12 heteroatoms. The van der Waals surface area contributed by atoms with Crippen LogP contribution >= 0.6 is 15.9 Å².